The van der Waals surface area contributed by atoms with E-state index < -0.39 is 0 Å². The standard InChI is InChI=1S/C19H26FN7O/c1-24(2)19(28)26-8-4-3-5-16(26)18-23-22-17-13-25(9-10-27(17)18)12-14-6-7-21-11-15(14)20/h6-7,11,16H,3-5,8-10,12-13H2,1-2H3. The summed E-state index contributed by atoms with van der Waals surface area (Å²) in [5.41, 5.74) is 0.637. The highest BCUT2D eigenvalue weighted by Gasteiger charge is 2.34. The second kappa shape index (κ2) is 7.83. The number of pyridine rings is 1. The van der Waals surface area contributed by atoms with Crippen molar-refractivity contribution < 1.29 is 9.18 Å². The molecule has 8 nitrogen and oxygen atoms in total. The quantitative estimate of drug-likeness (QED) is 0.806. The molecule has 1 fully saturated rings. The van der Waals surface area contributed by atoms with Crippen molar-refractivity contribution in [2.75, 3.05) is 27.2 Å². The number of piperidine rings is 1. The van der Waals surface area contributed by atoms with E-state index >= 15 is 0 Å². The topological polar surface area (TPSA) is 70.4 Å². The zero-order chi connectivity index (χ0) is 19.7. The first-order valence-corrected chi connectivity index (χ1v) is 9.75. The third-order valence-corrected chi connectivity index (χ3v) is 5.54. The zero-order valence-electron chi connectivity index (χ0n) is 16.4. The minimum atomic E-state index is -0.282. The summed E-state index contributed by atoms with van der Waals surface area (Å²) >= 11 is 0. The molecule has 28 heavy (non-hydrogen) atoms. The number of carbonyl (C=O) groups excluding carboxylic acids is 1. The average Bonchev–Trinajstić information content (AvgIpc) is 3.12. The van der Waals surface area contributed by atoms with Crippen molar-refractivity contribution in [2.45, 2.75) is 44.9 Å². The minimum Gasteiger partial charge on any atom is -0.331 e. The van der Waals surface area contributed by atoms with Crippen LogP contribution in [0.1, 0.15) is 42.5 Å². The van der Waals surface area contributed by atoms with Gasteiger partial charge in [-0.05, 0) is 25.3 Å². The summed E-state index contributed by atoms with van der Waals surface area (Å²) in [7, 11) is 3.56. The molecule has 150 valence electrons. The van der Waals surface area contributed by atoms with E-state index in [0.29, 0.717) is 18.7 Å². The number of carbonyl (C=O) groups is 1. The number of urea groups is 1. The summed E-state index contributed by atoms with van der Waals surface area (Å²) in [6.45, 7) is 3.41. The predicted molar refractivity (Wildman–Crippen MR) is 101 cm³/mol. The smallest absolute Gasteiger partial charge is 0.320 e. The van der Waals surface area contributed by atoms with Gasteiger partial charge in [0, 0.05) is 52.0 Å². The Labute approximate surface area is 164 Å². The van der Waals surface area contributed by atoms with Gasteiger partial charge in [0.05, 0.1) is 18.8 Å². The summed E-state index contributed by atoms with van der Waals surface area (Å²) in [6.07, 6.45) is 5.87. The first-order chi connectivity index (χ1) is 13.5. The van der Waals surface area contributed by atoms with E-state index in [2.05, 4.69) is 24.6 Å². The lowest BCUT2D eigenvalue weighted by atomic mass is 10.0. The molecule has 0 radical (unpaired) electrons. The lowest BCUT2D eigenvalue weighted by molar-refractivity contribution is 0.121. The second-order valence-electron chi connectivity index (χ2n) is 7.69. The first kappa shape index (κ1) is 18.8. The Bertz CT molecular complexity index is 853. The van der Waals surface area contributed by atoms with Gasteiger partial charge < -0.3 is 14.4 Å². The fraction of sp³-hybridized carbons (Fsp3) is 0.579. The van der Waals surface area contributed by atoms with Gasteiger partial charge in [-0.2, -0.15) is 0 Å². The lowest BCUT2D eigenvalue weighted by Crippen LogP contribution is -2.45. The van der Waals surface area contributed by atoms with Crippen LogP contribution in [0, 0.1) is 5.82 Å². The van der Waals surface area contributed by atoms with E-state index in [-0.39, 0.29) is 17.9 Å². The summed E-state index contributed by atoms with van der Waals surface area (Å²) in [4.78, 5) is 22.1. The number of nitrogens with zero attached hydrogens (tertiary/aromatic N) is 7. The van der Waals surface area contributed by atoms with Gasteiger partial charge >= 0.3 is 6.03 Å². The molecule has 4 rings (SSSR count). The van der Waals surface area contributed by atoms with E-state index in [9.17, 15) is 9.18 Å². The predicted octanol–water partition coefficient (Wildman–Crippen LogP) is 2.04. The SMILES string of the molecule is CN(C)C(=O)N1CCCCC1c1nnc2n1CCN(Cc1ccncc1F)C2. The fourth-order valence-electron chi connectivity index (χ4n) is 4.07. The van der Waals surface area contributed by atoms with Crippen molar-refractivity contribution >= 4 is 6.03 Å². The average molecular weight is 387 g/mol. The number of hydrogen-bond donors (Lipinski definition) is 0. The van der Waals surface area contributed by atoms with Crippen LogP contribution in [0.5, 0.6) is 0 Å². The molecule has 2 amide bonds. The molecule has 2 aliphatic rings. The maximum absolute atomic E-state index is 13.9. The van der Waals surface area contributed by atoms with Gasteiger partial charge in [-0.15, -0.1) is 10.2 Å². The van der Waals surface area contributed by atoms with Crippen LogP contribution in [0.25, 0.3) is 0 Å². The maximum Gasteiger partial charge on any atom is 0.320 e. The van der Waals surface area contributed by atoms with Crippen LogP contribution in [-0.2, 0) is 19.6 Å². The van der Waals surface area contributed by atoms with Gasteiger partial charge in [-0.1, -0.05) is 0 Å². The molecule has 1 saturated heterocycles. The molecule has 0 bridgehead atoms. The largest absolute Gasteiger partial charge is 0.331 e. The monoisotopic (exact) mass is 387 g/mol. The molecular weight excluding hydrogens is 361 g/mol. The number of fused-ring (bicyclic) bond motifs is 1. The van der Waals surface area contributed by atoms with Crippen molar-refractivity contribution in [2.24, 2.45) is 0 Å². The molecule has 0 N–H and O–H groups in total. The highest BCUT2D eigenvalue weighted by atomic mass is 19.1. The number of rotatable bonds is 3. The van der Waals surface area contributed by atoms with Gasteiger partial charge in [0.15, 0.2) is 5.82 Å². The zero-order valence-corrected chi connectivity index (χ0v) is 16.4. The normalized spacial score (nSPS) is 20.1. The van der Waals surface area contributed by atoms with E-state index in [1.54, 1.807) is 31.3 Å². The van der Waals surface area contributed by atoms with Crippen LogP contribution in [-0.4, -0.2) is 67.7 Å². The Morgan fingerprint density at radius 2 is 2.11 bits per heavy atom. The van der Waals surface area contributed by atoms with Gasteiger partial charge in [0.2, 0.25) is 0 Å². The van der Waals surface area contributed by atoms with Crippen molar-refractivity contribution in [3.05, 3.63) is 41.5 Å². The van der Waals surface area contributed by atoms with Crippen LogP contribution < -0.4 is 0 Å². The van der Waals surface area contributed by atoms with Gasteiger partial charge in [-0.25, -0.2) is 9.18 Å². The Morgan fingerprint density at radius 3 is 2.89 bits per heavy atom. The summed E-state index contributed by atoms with van der Waals surface area (Å²) in [5, 5.41) is 8.86. The fourth-order valence-corrected chi connectivity index (χ4v) is 4.07. The van der Waals surface area contributed by atoms with Crippen LogP contribution >= 0.6 is 0 Å². The van der Waals surface area contributed by atoms with Gasteiger partial charge in [0.25, 0.3) is 0 Å². The number of hydrogen-bond acceptors (Lipinski definition) is 5. The molecule has 1 atom stereocenters. The van der Waals surface area contributed by atoms with Gasteiger partial charge in [0.1, 0.15) is 11.6 Å². The number of likely N-dealkylation sites (tertiary alicyclic amines) is 1. The molecule has 9 heteroatoms. The maximum atomic E-state index is 13.9. The van der Waals surface area contributed by atoms with Crippen molar-refractivity contribution in [3.8, 4) is 0 Å². The molecule has 0 aromatic carbocycles. The Hall–Kier alpha value is -2.55. The minimum absolute atomic E-state index is 0.0210. The van der Waals surface area contributed by atoms with Crippen molar-refractivity contribution in [1.29, 1.82) is 0 Å². The van der Waals surface area contributed by atoms with Crippen molar-refractivity contribution in [1.82, 2.24) is 34.4 Å². The number of halogens is 1. The van der Waals surface area contributed by atoms with E-state index in [0.717, 1.165) is 50.5 Å². The van der Waals surface area contributed by atoms with Crippen LogP contribution in [0.3, 0.4) is 0 Å². The highest BCUT2D eigenvalue weighted by molar-refractivity contribution is 5.74. The molecule has 2 aromatic rings. The Kier molecular flexibility index (Phi) is 5.25. The van der Waals surface area contributed by atoms with Gasteiger partial charge in [-0.3, -0.25) is 9.88 Å². The van der Waals surface area contributed by atoms with Crippen LogP contribution in [0.2, 0.25) is 0 Å². The Balaban J connectivity index is 1.52. The molecule has 0 saturated carbocycles. The van der Waals surface area contributed by atoms with Crippen molar-refractivity contribution in [3.63, 3.8) is 0 Å². The van der Waals surface area contributed by atoms with E-state index in [4.69, 9.17) is 0 Å². The summed E-state index contributed by atoms with van der Waals surface area (Å²) in [6, 6.07) is 1.70. The molecule has 4 heterocycles. The number of amides is 2. The highest BCUT2D eigenvalue weighted by Crippen LogP contribution is 2.32. The molecule has 0 spiro atoms. The molecule has 2 aromatic heterocycles. The lowest BCUT2D eigenvalue weighted by Gasteiger charge is -2.37. The molecule has 2 aliphatic heterocycles. The first-order valence-electron chi connectivity index (χ1n) is 9.75. The summed E-state index contributed by atoms with van der Waals surface area (Å²) < 4.78 is 16.1. The number of aromatic nitrogens is 4. The molecule has 0 aliphatic carbocycles. The van der Waals surface area contributed by atoms with Crippen LogP contribution in [0.15, 0.2) is 18.5 Å². The third-order valence-electron chi connectivity index (χ3n) is 5.54. The Morgan fingerprint density at radius 1 is 1.25 bits per heavy atom. The molecular formula is C19H26FN7O. The molecule has 1 unspecified atom stereocenters. The summed E-state index contributed by atoms with van der Waals surface area (Å²) in [5.74, 6) is 1.47. The second-order valence-corrected chi connectivity index (χ2v) is 7.69. The third kappa shape index (κ3) is 3.58. The van der Waals surface area contributed by atoms with E-state index in [1.165, 1.54) is 6.20 Å². The van der Waals surface area contributed by atoms with Crippen LogP contribution in [0.4, 0.5) is 9.18 Å². The van der Waals surface area contributed by atoms with E-state index in [1.807, 2.05) is 4.90 Å².